The lowest BCUT2D eigenvalue weighted by molar-refractivity contribution is -0.474. The van der Waals surface area contributed by atoms with Crippen LogP contribution in [0.3, 0.4) is 0 Å². The molecule has 0 saturated carbocycles. The van der Waals surface area contributed by atoms with Crippen molar-refractivity contribution in [3.8, 4) is 5.75 Å². The molecule has 0 unspecified atom stereocenters. The van der Waals surface area contributed by atoms with Gasteiger partial charge in [0.25, 0.3) is 5.69 Å². The van der Waals surface area contributed by atoms with E-state index in [1.54, 1.807) is 12.1 Å². The molecule has 0 amide bonds. The number of nitrogens with zero attached hydrogens (tertiary/aromatic N) is 1. The van der Waals surface area contributed by atoms with Crippen molar-refractivity contribution in [1.29, 1.82) is 0 Å². The van der Waals surface area contributed by atoms with E-state index in [9.17, 15) is 4.91 Å². The first-order valence-electron chi connectivity index (χ1n) is 3.01. The zero-order valence-electron chi connectivity index (χ0n) is 6.07. The van der Waals surface area contributed by atoms with Crippen LogP contribution >= 0.6 is 0 Å². The number of nitrogens with two attached hydrogens (primary N) is 1. The molecular weight excluding hydrogens is 144 g/mol. The first-order chi connectivity index (χ1) is 5.24. The molecule has 0 aliphatic heterocycles. The van der Waals surface area contributed by atoms with E-state index in [1.165, 1.54) is 13.2 Å². The highest BCUT2D eigenvalue weighted by Gasteiger charge is 2.08. The number of rotatable bonds is 2. The Morgan fingerprint density at radius 2 is 2.45 bits per heavy atom. The van der Waals surface area contributed by atoms with Crippen LogP contribution in [0, 0.1) is 11.0 Å². The van der Waals surface area contributed by atoms with Gasteiger partial charge >= 0.3 is 0 Å². The fraction of sp³-hybridized carbons (Fsp3) is 0.143. The van der Waals surface area contributed by atoms with Gasteiger partial charge in [-0.2, -0.15) is 5.84 Å². The summed E-state index contributed by atoms with van der Waals surface area (Å²) in [4.78, 5) is 10.8. The molecule has 1 aromatic carbocycles. The van der Waals surface area contributed by atoms with Gasteiger partial charge in [0.2, 0.25) is 0 Å². The van der Waals surface area contributed by atoms with Crippen LogP contribution in [-0.4, -0.2) is 12.0 Å². The average Bonchev–Trinajstić information content (AvgIpc) is 2.05. The minimum Gasteiger partial charge on any atom is -0.496 e. The maximum atomic E-state index is 10.5. The molecule has 0 aliphatic carbocycles. The number of methoxy groups -OCH3 is 1. The van der Waals surface area contributed by atoms with Crippen LogP contribution in [0.5, 0.6) is 5.75 Å². The van der Waals surface area contributed by atoms with Gasteiger partial charge < -0.3 is 4.74 Å². The molecule has 0 bridgehead atoms. The Morgan fingerprint density at radius 3 is 3.00 bits per heavy atom. The predicted molar refractivity (Wildman–Crippen MR) is 39.3 cm³/mol. The maximum Gasteiger partial charge on any atom is 0.295 e. The zero-order valence-corrected chi connectivity index (χ0v) is 6.07. The van der Waals surface area contributed by atoms with E-state index in [0.29, 0.717) is 11.4 Å². The fourth-order valence-corrected chi connectivity index (χ4v) is 0.688. The quantitative estimate of drug-likeness (QED) is 0.387. The third-order valence-electron chi connectivity index (χ3n) is 1.23. The molecule has 4 heteroatoms. The number of hydrazine groups is 1. The highest BCUT2D eigenvalue weighted by Crippen LogP contribution is 2.16. The van der Waals surface area contributed by atoms with Gasteiger partial charge in [-0.15, -0.1) is 0 Å². The van der Waals surface area contributed by atoms with E-state index in [0.717, 1.165) is 0 Å². The smallest absolute Gasteiger partial charge is 0.295 e. The molecule has 11 heavy (non-hydrogen) atoms. The van der Waals surface area contributed by atoms with E-state index in [2.05, 4.69) is 6.07 Å². The van der Waals surface area contributed by atoms with E-state index >= 15 is 0 Å². The summed E-state index contributed by atoms with van der Waals surface area (Å²) in [6.07, 6.45) is 0. The second kappa shape index (κ2) is 3.01. The minimum atomic E-state index is 0.274. The summed E-state index contributed by atoms with van der Waals surface area (Å²) in [6, 6.07) is 7.40. The fourth-order valence-electron chi connectivity index (χ4n) is 0.688. The molecule has 0 aliphatic rings. The molecule has 1 aromatic rings. The van der Waals surface area contributed by atoms with E-state index in [4.69, 9.17) is 10.6 Å². The monoisotopic (exact) mass is 152 g/mol. The van der Waals surface area contributed by atoms with Crippen molar-refractivity contribution in [3.05, 3.63) is 29.2 Å². The van der Waals surface area contributed by atoms with Crippen LogP contribution in [-0.2, 0) is 0 Å². The Morgan fingerprint density at radius 1 is 1.73 bits per heavy atom. The van der Waals surface area contributed by atoms with Crippen molar-refractivity contribution in [1.82, 2.24) is 0 Å². The lowest BCUT2D eigenvalue weighted by atomic mass is 10.3. The zero-order chi connectivity index (χ0) is 8.27. The van der Waals surface area contributed by atoms with Crippen LogP contribution < -0.4 is 10.6 Å². The SMILES string of the molecule is COc1[c]ccc([N+](N)=O)c1. The van der Waals surface area contributed by atoms with Crippen molar-refractivity contribution < 1.29 is 9.61 Å². The number of ether oxygens (including phenoxy) is 1. The first kappa shape index (κ1) is 7.53. The second-order valence-electron chi connectivity index (χ2n) is 1.94. The number of hydrogen-bond donors (Lipinski definition) is 1. The number of hydrogen-bond acceptors (Lipinski definition) is 2. The van der Waals surface area contributed by atoms with Gasteiger partial charge in [0, 0.05) is 12.1 Å². The third-order valence-corrected chi connectivity index (χ3v) is 1.23. The van der Waals surface area contributed by atoms with Crippen LogP contribution in [0.2, 0.25) is 0 Å². The van der Waals surface area contributed by atoms with Gasteiger partial charge in [-0.05, 0) is 6.07 Å². The van der Waals surface area contributed by atoms with Crippen LogP contribution in [0.1, 0.15) is 0 Å². The molecule has 57 valence electrons. The summed E-state index contributed by atoms with van der Waals surface area (Å²) in [7, 11) is 1.50. The Hall–Kier alpha value is -1.58. The van der Waals surface area contributed by atoms with Crippen LogP contribution in [0.4, 0.5) is 5.69 Å². The highest BCUT2D eigenvalue weighted by molar-refractivity contribution is 5.36. The predicted octanol–water partition coefficient (Wildman–Crippen LogP) is 0.779. The lowest BCUT2D eigenvalue weighted by Crippen LogP contribution is -2.08. The van der Waals surface area contributed by atoms with Crippen LogP contribution in [0.15, 0.2) is 18.2 Å². The molecule has 1 radical (unpaired) electrons. The third kappa shape index (κ3) is 1.67. The van der Waals surface area contributed by atoms with E-state index in [-0.39, 0.29) is 4.87 Å². The Labute approximate surface area is 64.1 Å². The minimum absolute atomic E-state index is 0.274. The number of nitroso groups, excluding NO2 is 1. The van der Waals surface area contributed by atoms with Gasteiger partial charge in [0.15, 0.2) is 4.87 Å². The standard InChI is InChI=1S/C7H8N2O2/c1-11-7-4-2-3-6(5-7)9(8)10/h2-3,5H,1H3,(H2,8,10)/q+1. The van der Waals surface area contributed by atoms with Crippen molar-refractivity contribution in [2.75, 3.05) is 7.11 Å². The Kier molecular flexibility index (Phi) is 2.06. The Bertz CT molecular complexity index is 273. The first-order valence-corrected chi connectivity index (χ1v) is 3.01. The average molecular weight is 152 g/mol. The summed E-state index contributed by atoms with van der Waals surface area (Å²) < 4.78 is 4.83. The van der Waals surface area contributed by atoms with Crippen molar-refractivity contribution in [3.63, 3.8) is 0 Å². The molecule has 0 aromatic heterocycles. The molecular formula is C7H8N2O2+. The topological polar surface area (TPSA) is 55.3 Å². The lowest BCUT2D eigenvalue weighted by Gasteiger charge is -1.94. The van der Waals surface area contributed by atoms with Crippen molar-refractivity contribution >= 4 is 5.69 Å². The molecule has 0 spiro atoms. The molecule has 0 saturated heterocycles. The Balaban J connectivity index is 3.01. The van der Waals surface area contributed by atoms with Gasteiger partial charge in [-0.25, -0.2) is 0 Å². The van der Waals surface area contributed by atoms with Gasteiger partial charge in [-0.1, -0.05) is 0 Å². The number of benzene rings is 1. The normalized spacial score (nSPS) is 9.18. The molecule has 2 N–H and O–H groups in total. The van der Waals surface area contributed by atoms with Crippen molar-refractivity contribution in [2.24, 2.45) is 5.84 Å². The summed E-state index contributed by atoms with van der Waals surface area (Å²) >= 11 is 0. The van der Waals surface area contributed by atoms with Crippen LogP contribution in [0.25, 0.3) is 0 Å². The maximum absolute atomic E-state index is 10.5. The molecule has 0 atom stereocenters. The molecule has 0 fully saturated rings. The summed E-state index contributed by atoms with van der Waals surface area (Å²) in [5.74, 6) is 5.44. The highest BCUT2D eigenvalue weighted by atomic mass is 16.5. The molecule has 0 heterocycles. The summed E-state index contributed by atoms with van der Waals surface area (Å²) in [5.41, 5.74) is 0.348. The largest absolute Gasteiger partial charge is 0.496 e. The van der Waals surface area contributed by atoms with E-state index in [1.807, 2.05) is 0 Å². The van der Waals surface area contributed by atoms with E-state index < -0.39 is 0 Å². The summed E-state index contributed by atoms with van der Waals surface area (Å²) in [6.45, 7) is 0. The summed E-state index contributed by atoms with van der Waals surface area (Å²) in [5, 5.41) is 0. The van der Waals surface area contributed by atoms with Gasteiger partial charge in [0.1, 0.15) is 5.75 Å². The van der Waals surface area contributed by atoms with Crippen molar-refractivity contribution in [2.45, 2.75) is 0 Å². The second-order valence-corrected chi connectivity index (χ2v) is 1.94. The van der Waals surface area contributed by atoms with Gasteiger partial charge in [0.05, 0.1) is 18.1 Å². The molecule has 4 nitrogen and oxygen atoms in total. The molecule has 1 rings (SSSR count). The van der Waals surface area contributed by atoms with Gasteiger partial charge in [-0.3, -0.25) is 0 Å².